The second-order valence-corrected chi connectivity index (χ2v) is 6.11. The monoisotopic (exact) mass is 278 g/mol. The van der Waals surface area contributed by atoms with Gasteiger partial charge in [-0.1, -0.05) is 19.1 Å². The molecule has 2 unspecified atom stereocenters. The number of para-hydroxylation sites is 1. The molecule has 3 nitrogen and oxygen atoms in total. The maximum atomic E-state index is 5.70. The molecule has 0 aliphatic carbocycles. The second-order valence-electron chi connectivity index (χ2n) is 4.99. The van der Waals surface area contributed by atoms with Crippen molar-refractivity contribution in [2.45, 2.75) is 38.3 Å². The SMILES string of the molecule is CCC(C)(OC)C(Cc1nc2ccccc2s1)NC. The molecule has 0 amide bonds. The van der Waals surface area contributed by atoms with Gasteiger partial charge in [0.2, 0.25) is 0 Å². The molecule has 0 saturated carbocycles. The van der Waals surface area contributed by atoms with Gasteiger partial charge in [-0.3, -0.25) is 0 Å². The highest BCUT2D eigenvalue weighted by Crippen LogP contribution is 2.26. The van der Waals surface area contributed by atoms with Crippen LogP contribution in [0.15, 0.2) is 24.3 Å². The first kappa shape index (κ1) is 14.4. The van der Waals surface area contributed by atoms with Gasteiger partial charge in [0.15, 0.2) is 0 Å². The lowest BCUT2D eigenvalue weighted by Gasteiger charge is -2.35. The minimum atomic E-state index is -0.160. The zero-order chi connectivity index (χ0) is 13.9. The van der Waals surface area contributed by atoms with E-state index >= 15 is 0 Å². The summed E-state index contributed by atoms with van der Waals surface area (Å²) in [5.74, 6) is 0. The molecule has 2 atom stereocenters. The number of aromatic nitrogens is 1. The summed E-state index contributed by atoms with van der Waals surface area (Å²) in [5.41, 5.74) is 0.931. The highest BCUT2D eigenvalue weighted by molar-refractivity contribution is 7.18. The molecule has 0 spiro atoms. The Hall–Kier alpha value is -0.970. The fourth-order valence-corrected chi connectivity index (χ4v) is 3.35. The summed E-state index contributed by atoms with van der Waals surface area (Å²) in [6.45, 7) is 4.31. The summed E-state index contributed by atoms with van der Waals surface area (Å²) < 4.78 is 6.95. The lowest BCUT2D eigenvalue weighted by molar-refractivity contribution is -0.0268. The molecule has 4 heteroatoms. The van der Waals surface area contributed by atoms with E-state index in [1.807, 2.05) is 13.1 Å². The predicted molar refractivity (Wildman–Crippen MR) is 81.9 cm³/mol. The van der Waals surface area contributed by atoms with Crippen molar-refractivity contribution < 1.29 is 4.74 Å². The van der Waals surface area contributed by atoms with Gasteiger partial charge in [-0.2, -0.15) is 0 Å². The summed E-state index contributed by atoms with van der Waals surface area (Å²) in [5, 5.41) is 4.54. The Morgan fingerprint density at radius 1 is 1.42 bits per heavy atom. The maximum absolute atomic E-state index is 5.70. The zero-order valence-electron chi connectivity index (χ0n) is 12.1. The summed E-state index contributed by atoms with van der Waals surface area (Å²) in [4.78, 5) is 4.71. The van der Waals surface area contributed by atoms with Crippen LogP contribution in [0.5, 0.6) is 0 Å². The molecule has 1 heterocycles. The largest absolute Gasteiger partial charge is 0.377 e. The van der Waals surface area contributed by atoms with Gasteiger partial charge in [-0.25, -0.2) is 4.98 Å². The van der Waals surface area contributed by atoms with Crippen molar-refractivity contribution in [3.8, 4) is 0 Å². The Bertz CT molecular complexity index is 501. The highest BCUT2D eigenvalue weighted by Gasteiger charge is 2.32. The van der Waals surface area contributed by atoms with Crippen LogP contribution < -0.4 is 5.32 Å². The van der Waals surface area contributed by atoms with Crippen molar-refractivity contribution >= 4 is 21.6 Å². The number of hydrogen-bond acceptors (Lipinski definition) is 4. The van der Waals surface area contributed by atoms with E-state index in [0.717, 1.165) is 23.4 Å². The molecule has 1 aromatic carbocycles. The summed E-state index contributed by atoms with van der Waals surface area (Å²) in [6.07, 6.45) is 1.87. The van der Waals surface area contributed by atoms with Crippen LogP contribution in [0.25, 0.3) is 10.2 Å². The molecular weight excluding hydrogens is 256 g/mol. The highest BCUT2D eigenvalue weighted by atomic mass is 32.1. The van der Waals surface area contributed by atoms with Gasteiger partial charge < -0.3 is 10.1 Å². The first-order chi connectivity index (χ1) is 9.12. The van der Waals surface area contributed by atoms with Crippen molar-refractivity contribution in [2.24, 2.45) is 0 Å². The Labute approximate surface area is 119 Å². The number of nitrogens with zero attached hydrogens (tertiary/aromatic N) is 1. The van der Waals surface area contributed by atoms with E-state index < -0.39 is 0 Å². The smallest absolute Gasteiger partial charge is 0.0955 e. The Kier molecular flexibility index (Phi) is 4.55. The Morgan fingerprint density at radius 3 is 2.74 bits per heavy atom. The van der Waals surface area contributed by atoms with E-state index in [4.69, 9.17) is 9.72 Å². The van der Waals surface area contributed by atoms with E-state index in [0.29, 0.717) is 0 Å². The molecule has 2 aromatic rings. The normalized spacial score (nSPS) is 16.4. The first-order valence-corrected chi connectivity index (χ1v) is 7.51. The number of nitrogens with one attached hydrogen (secondary N) is 1. The van der Waals surface area contributed by atoms with Crippen LogP contribution in [0, 0.1) is 0 Å². The molecule has 1 aromatic heterocycles. The van der Waals surface area contributed by atoms with Gasteiger partial charge in [0.1, 0.15) is 0 Å². The number of thiazole rings is 1. The molecule has 0 bridgehead atoms. The lowest BCUT2D eigenvalue weighted by Crippen LogP contribution is -2.49. The average Bonchev–Trinajstić information content (AvgIpc) is 2.86. The van der Waals surface area contributed by atoms with E-state index in [1.165, 1.54) is 4.70 Å². The third-order valence-electron chi connectivity index (χ3n) is 3.97. The average molecular weight is 278 g/mol. The molecule has 0 radical (unpaired) electrons. The molecular formula is C15H22N2OS. The minimum absolute atomic E-state index is 0.160. The Balaban J connectivity index is 2.22. The molecule has 0 aliphatic heterocycles. The topological polar surface area (TPSA) is 34.1 Å². The zero-order valence-corrected chi connectivity index (χ0v) is 12.9. The number of fused-ring (bicyclic) bond motifs is 1. The van der Waals surface area contributed by atoms with Crippen LogP contribution in [0.3, 0.4) is 0 Å². The fraction of sp³-hybridized carbons (Fsp3) is 0.533. The van der Waals surface area contributed by atoms with E-state index in [9.17, 15) is 0 Å². The lowest BCUT2D eigenvalue weighted by atomic mass is 9.91. The second kappa shape index (κ2) is 5.99. The van der Waals surface area contributed by atoms with Crippen molar-refractivity contribution in [3.05, 3.63) is 29.3 Å². The molecule has 2 rings (SSSR count). The number of likely N-dealkylation sites (N-methyl/N-ethyl adjacent to an activating group) is 1. The first-order valence-electron chi connectivity index (χ1n) is 6.69. The van der Waals surface area contributed by atoms with Crippen LogP contribution >= 0.6 is 11.3 Å². The van der Waals surface area contributed by atoms with Crippen LogP contribution in [0.2, 0.25) is 0 Å². The number of hydrogen-bond donors (Lipinski definition) is 1. The van der Waals surface area contributed by atoms with E-state index in [-0.39, 0.29) is 11.6 Å². The van der Waals surface area contributed by atoms with Gasteiger partial charge in [0.25, 0.3) is 0 Å². The van der Waals surface area contributed by atoms with Crippen molar-refractivity contribution in [1.82, 2.24) is 10.3 Å². The summed E-state index contributed by atoms with van der Waals surface area (Å²) in [7, 11) is 3.77. The van der Waals surface area contributed by atoms with Crippen LogP contribution in [-0.4, -0.2) is 30.8 Å². The predicted octanol–water partition coefficient (Wildman–Crippen LogP) is 3.24. The molecule has 0 aliphatic rings. The van der Waals surface area contributed by atoms with E-state index in [1.54, 1.807) is 18.4 Å². The van der Waals surface area contributed by atoms with Gasteiger partial charge in [-0.15, -0.1) is 11.3 Å². The number of benzene rings is 1. The maximum Gasteiger partial charge on any atom is 0.0955 e. The van der Waals surface area contributed by atoms with Crippen LogP contribution in [0.1, 0.15) is 25.3 Å². The summed E-state index contributed by atoms with van der Waals surface area (Å²) >= 11 is 1.77. The standard InChI is InChI=1S/C15H22N2OS/c1-5-15(2,18-4)13(16-3)10-14-17-11-8-6-7-9-12(11)19-14/h6-9,13,16H,5,10H2,1-4H3. The van der Waals surface area contributed by atoms with Gasteiger partial charge in [0.05, 0.1) is 20.8 Å². The van der Waals surface area contributed by atoms with Crippen molar-refractivity contribution in [3.63, 3.8) is 0 Å². The molecule has 1 N–H and O–H groups in total. The third kappa shape index (κ3) is 2.96. The summed E-state index contributed by atoms with van der Waals surface area (Å²) in [6, 6.07) is 8.56. The van der Waals surface area contributed by atoms with Crippen molar-refractivity contribution in [1.29, 1.82) is 0 Å². The quantitative estimate of drug-likeness (QED) is 0.881. The number of rotatable bonds is 6. The van der Waals surface area contributed by atoms with E-state index in [2.05, 4.69) is 37.4 Å². The molecule has 19 heavy (non-hydrogen) atoms. The minimum Gasteiger partial charge on any atom is -0.377 e. The van der Waals surface area contributed by atoms with Crippen molar-refractivity contribution in [2.75, 3.05) is 14.2 Å². The number of ether oxygens (including phenoxy) is 1. The molecule has 0 fully saturated rings. The van der Waals surface area contributed by atoms with Gasteiger partial charge >= 0.3 is 0 Å². The Morgan fingerprint density at radius 2 is 2.16 bits per heavy atom. The number of methoxy groups -OCH3 is 1. The van der Waals surface area contributed by atoms with Gasteiger partial charge in [0, 0.05) is 19.6 Å². The fourth-order valence-electron chi connectivity index (χ4n) is 2.34. The van der Waals surface area contributed by atoms with Crippen LogP contribution in [-0.2, 0) is 11.2 Å². The van der Waals surface area contributed by atoms with Gasteiger partial charge in [-0.05, 0) is 32.5 Å². The molecule has 104 valence electrons. The van der Waals surface area contributed by atoms with Crippen LogP contribution in [0.4, 0.5) is 0 Å². The molecule has 0 saturated heterocycles. The third-order valence-corrected chi connectivity index (χ3v) is 5.03.